The first-order valence-electron chi connectivity index (χ1n) is 2.17. The molecule has 1 aliphatic rings. The van der Waals surface area contributed by atoms with Gasteiger partial charge in [-0.05, 0) is 6.92 Å². The molecule has 1 saturated heterocycles. The molecule has 9 heavy (non-hydrogen) atoms. The summed E-state index contributed by atoms with van der Waals surface area (Å²) in [6.07, 6.45) is -0.417. The number of nitrogens with zero attached hydrogens (tertiary/aromatic N) is 1. The number of hydrogen-bond donors (Lipinski definition) is 0. The largest absolute Gasteiger partial charge is 0.813 e. The molecule has 0 aliphatic carbocycles. The van der Waals surface area contributed by atoms with E-state index in [-0.39, 0.29) is 61.3 Å². The molecule has 0 spiro atoms. The standard InChI is InChI=1S/C4H7NO2.Ce.H2S/c1-3-2-5-4(6)7-3;;/h3H,2H2,1H3,(H,5,6);;1H2/p-2/t3-;;/m1../s1. The van der Waals surface area contributed by atoms with Crippen molar-refractivity contribution < 1.29 is 51.3 Å². The molecule has 0 saturated carbocycles. The van der Waals surface area contributed by atoms with Gasteiger partial charge in [-0.3, -0.25) is 4.79 Å². The number of carbonyl (C=O) groups excluding carboxylic acids is 1. The third-order valence-corrected chi connectivity index (χ3v) is 0.779. The fourth-order valence-corrected chi connectivity index (χ4v) is 0.450. The van der Waals surface area contributed by atoms with Gasteiger partial charge in [0, 0.05) is 41.7 Å². The van der Waals surface area contributed by atoms with E-state index in [2.05, 4.69) is 10.1 Å². The Morgan fingerprint density at radius 2 is 2.33 bits per heavy atom. The van der Waals surface area contributed by atoms with E-state index in [1.54, 1.807) is 0 Å². The molecule has 52 valence electrons. The number of amides is 1. The van der Waals surface area contributed by atoms with Crippen LogP contribution in [0.2, 0.25) is 0 Å². The Kier molecular flexibility index (Phi) is 8.09. The summed E-state index contributed by atoms with van der Waals surface area (Å²) >= 11 is 0. The van der Waals surface area contributed by atoms with Gasteiger partial charge < -0.3 is 23.5 Å². The predicted molar refractivity (Wildman–Crippen MR) is 32.9 cm³/mol. The van der Waals surface area contributed by atoms with Gasteiger partial charge in [0.1, 0.15) is 0 Å². The van der Waals surface area contributed by atoms with Gasteiger partial charge in [0.05, 0.1) is 6.10 Å². The minimum atomic E-state index is -0.424. The second kappa shape index (κ2) is 5.76. The molecule has 3 nitrogen and oxygen atoms in total. The van der Waals surface area contributed by atoms with Crippen LogP contribution in [0.15, 0.2) is 0 Å². The quantitative estimate of drug-likeness (QED) is 0.480. The van der Waals surface area contributed by atoms with Crippen molar-refractivity contribution in [2.45, 2.75) is 13.0 Å². The SMILES string of the molecule is C[C@@H]1C[N-]C(=O)O1.[Ce].[SH-]. The second-order valence-corrected chi connectivity index (χ2v) is 1.54. The van der Waals surface area contributed by atoms with Crippen LogP contribution in [0.25, 0.3) is 5.32 Å². The number of cyclic esters (lactones) is 1. The monoisotopic (exact) mass is 273 g/mol. The number of hydrogen-bond acceptors (Lipinski definition) is 3. The van der Waals surface area contributed by atoms with Crippen molar-refractivity contribution in [1.82, 2.24) is 0 Å². The summed E-state index contributed by atoms with van der Waals surface area (Å²) in [7, 11) is 0. The van der Waals surface area contributed by atoms with Crippen molar-refractivity contribution in [2.24, 2.45) is 0 Å². The van der Waals surface area contributed by atoms with Gasteiger partial charge in [-0.25, -0.2) is 0 Å². The van der Waals surface area contributed by atoms with Crippen molar-refractivity contribution in [1.29, 1.82) is 0 Å². The first-order chi connectivity index (χ1) is 3.29. The molecular weight excluding hydrogens is 266 g/mol. The maximum Gasteiger partial charge on any atom is 0.229 e. The molecular formula is C4H7CeNO2S-2. The summed E-state index contributed by atoms with van der Waals surface area (Å²) in [6.45, 7) is 2.34. The smallest absolute Gasteiger partial charge is 0.229 e. The molecule has 0 unspecified atom stereocenters. The number of carbonyl (C=O) groups is 1. The maximum atomic E-state index is 10.1. The number of thiol groups is 1. The van der Waals surface area contributed by atoms with E-state index in [0.717, 1.165) is 0 Å². The van der Waals surface area contributed by atoms with Crippen molar-refractivity contribution in [3.63, 3.8) is 0 Å². The topological polar surface area (TPSA) is 40.4 Å². The number of ether oxygens (including phenoxy) is 1. The molecule has 1 atom stereocenters. The fraction of sp³-hybridized carbons (Fsp3) is 0.750. The summed E-state index contributed by atoms with van der Waals surface area (Å²) in [5.41, 5.74) is 0. The van der Waals surface area contributed by atoms with Crippen LogP contribution in [0.5, 0.6) is 0 Å². The third kappa shape index (κ3) is 4.41. The van der Waals surface area contributed by atoms with Crippen LogP contribution < -0.4 is 0 Å². The number of rotatable bonds is 0. The van der Waals surface area contributed by atoms with Gasteiger partial charge in [-0.1, -0.05) is 6.54 Å². The van der Waals surface area contributed by atoms with E-state index in [0.29, 0.717) is 6.54 Å². The van der Waals surface area contributed by atoms with Gasteiger partial charge in [0.15, 0.2) is 0 Å². The van der Waals surface area contributed by atoms with Gasteiger partial charge in [-0.2, -0.15) is 0 Å². The van der Waals surface area contributed by atoms with E-state index in [1.165, 1.54) is 0 Å². The summed E-state index contributed by atoms with van der Waals surface area (Å²) in [4.78, 5) is 10.1. The van der Waals surface area contributed by atoms with Crippen LogP contribution in [0.4, 0.5) is 4.79 Å². The molecule has 1 heterocycles. The first kappa shape index (κ1) is 12.7. The Morgan fingerprint density at radius 3 is 2.44 bits per heavy atom. The van der Waals surface area contributed by atoms with Crippen LogP contribution in [-0.2, 0) is 18.2 Å². The molecule has 1 amide bonds. The normalized spacial score (nSPS) is 22.8. The van der Waals surface area contributed by atoms with E-state index in [4.69, 9.17) is 0 Å². The Hall–Kier alpha value is 0.997. The van der Waals surface area contributed by atoms with Crippen molar-refractivity contribution in [3.05, 3.63) is 5.32 Å². The Labute approximate surface area is 94.7 Å². The van der Waals surface area contributed by atoms with E-state index in [9.17, 15) is 4.79 Å². The molecule has 0 aromatic rings. The van der Waals surface area contributed by atoms with Crippen LogP contribution >= 0.6 is 0 Å². The molecule has 0 N–H and O–H groups in total. The Bertz CT molecular complexity index is 101. The molecule has 1 fully saturated rings. The summed E-state index contributed by atoms with van der Waals surface area (Å²) in [5.74, 6) is 0. The molecule has 0 aromatic heterocycles. The average Bonchev–Trinajstić information content (AvgIpc) is 1.87. The summed E-state index contributed by atoms with van der Waals surface area (Å²) in [5, 5.41) is 3.46. The van der Waals surface area contributed by atoms with Crippen LogP contribution in [0.3, 0.4) is 0 Å². The van der Waals surface area contributed by atoms with E-state index in [1.807, 2.05) is 6.92 Å². The average molecular weight is 273 g/mol. The van der Waals surface area contributed by atoms with Crippen molar-refractivity contribution in [2.75, 3.05) is 6.54 Å². The van der Waals surface area contributed by atoms with Crippen LogP contribution in [0, 0.1) is 41.7 Å². The molecule has 0 bridgehead atoms. The van der Waals surface area contributed by atoms with Crippen molar-refractivity contribution >= 4 is 19.6 Å². The second-order valence-electron chi connectivity index (χ2n) is 1.54. The summed E-state index contributed by atoms with van der Waals surface area (Å²) < 4.78 is 4.56. The van der Waals surface area contributed by atoms with E-state index >= 15 is 0 Å². The minimum absolute atomic E-state index is 0. The molecule has 1 rings (SSSR count). The zero-order valence-corrected chi connectivity index (χ0v) is 9.03. The van der Waals surface area contributed by atoms with Crippen LogP contribution in [-0.4, -0.2) is 18.7 Å². The maximum absolute atomic E-state index is 10.1. The Balaban J connectivity index is 0. The summed E-state index contributed by atoms with van der Waals surface area (Å²) in [6, 6.07) is 0. The van der Waals surface area contributed by atoms with E-state index < -0.39 is 6.09 Å². The fourth-order valence-electron chi connectivity index (χ4n) is 0.450. The van der Waals surface area contributed by atoms with Crippen molar-refractivity contribution in [3.8, 4) is 0 Å². The first-order valence-corrected chi connectivity index (χ1v) is 2.17. The van der Waals surface area contributed by atoms with Gasteiger partial charge in [0.25, 0.3) is 0 Å². The van der Waals surface area contributed by atoms with Gasteiger partial charge in [0.2, 0.25) is 6.09 Å². The zero-order chi connectivity index (χ0) is 5.28. The van der Waals surface area contributed by atoms with Crippen LogP contribution in [0.1, 0.15) is 6.92 Å². The zero-order valence-electron chi connectivity index (χ0n) is 5.00. The predicted octanol–water partition coefficient (Wildman–Crippen LogP) is 0.629. The third-order valence-electron chi connectivity index (χ3n) is 0.779. The Morgan fingerprint density at radius 1 is 1.78 bits per heavy atom. The van der Waals surface area contributed by atoms with Gasteiger partial charge in [-0.15, -0.1) is 0 Å². The molecule has 1 aliphatic heterocycles. The molecule has 0 aromatic carbocycles. The van der Waals surface area contributed by atoms with Gasteiger partial charge >= 0.3 is 0 Å². The minimum Gasteiger partial charge on any atom is -0.813 e. The molecule has 0 radical (unpaired) electrons. The molecule has 5 heteroatoms.